The van der Waals surface area contributed by atoms with E-state index in [0.29, 0.717) is 42.3 Å². The van der Waals surface area contributed by atoms with Crippen LogP contribution in [0.5, 0.6) is 0 Å². The zero-order chi connectivity index (χ0) is 22.0. The lowest BCUT2D eigenvalue weighted by atomic mass is 10.1. The van der Waals surface area contributed by atoms with Gasteiger partial charge >= 0.3 is 0 Å². The van der Waals surface area contributed by atoms with Gasteiger partial charge in [-0.25, -0.2) is 0 Å². The maximum Gasteiger partial charge on any atom is 0.253 e. The molecule has 31 heavy (non-hydrogen) atoms. The largest absolute Gasteiger partial charge is 0.348 e. The number of aryl methyl sites for hydroxylation is 2. The van der Waals surface area contributed by atoms with Gasteiger partial charge in [-0.15, -0.1) is 0 Å². The second-order valence-electron chi connectivity index (χ2n) is 7.90. The summed E-state index contributed by atoms with van der Waals surface area (Å²) in [6, 6.07) is 15.2. The SMILES string of the molecule is Cc1cc(C)n(Cc2cccc(CNC(=O)c3ccc(Cl)cc3N3CCCC3=O)c2)n1. The van der Waals surface area contributed by atoms with E-state index in [1.807, 2.05) is 30.7 Å². The van der Waals surface area contributed by atoms with Crippen LogP contribution in [0.3, 0.4) is 0 Å². The maximum absolute atomic E-state index is 12.9. The molecule has 1 saturated heterocycles. The molecule has 3 aromatic rings. The summed E-state index contributed by atoms with van der Waals surface area (Å²) >= 11 is 6.14. The summed E-state index contributed by atoms with van der Waals surface area (Å²) in [5.41, 5.74) is 5.26. The molecule has 4 rings (SSSR count). The van der Waals surface area contributed by atoms with E-state index in [2.05, 4.69) is 28.6 Å². The molecule has 2 heterocycles. The second-order valence-corrected chi connectivity index (χ2v) is 8.33. The number of hydrogen-bond acceptors (Lipinski definition) is 3. The van der Waals surface area contributed by atoms with Gasteiger partial charge in [-0.3, -0.25) is 14.3 Å². The van der Waals surface area contributed by atoms with Crippen LogP contribution in [0.1, 0.15) is 45.7 Å². The van der Waals surface area contributed by atoms with Crippen LogP contribution >= 0.6 is 11.6 Å². The molecule has 1 aliphatic rings. The van der Waals surface area contributed by atoms with Crippen LogP contribution in [0.25, 0.3) is 0 Å². The van der Waals surface area contributed by atoms with E-state index < -0.39 is 0 Å². The summed E-state index contributed by atoms with van der Waals surface area (Å²) in [6.07, 6.45) is 1.28. The first-order chi connectivity index (χ1) is 14.9. The zero-order valence-corrected chi connectivity index (χ0v) is 18.4. The van der Waals surface area contributed by atoms with Crippen molar-refractivity contribution in [3.05, 3.63) is 81.6 Å². The molecule has 6 nitrogen and oxygen atoms in total. The number of nitrogens with one attached hydrogen (secondary N) is 1. The highest BCUT2D eigenvalue weighted by Crippen LogP contribution is 2.28. The Labute approximate surface area is 186 Å². The van der Waals surface area contributed by atoms with E-state index in [9.17, 15) is 9.59 Å². The number of hydrogen-bond donors (Lipinski definition) is 1. The van der Waals surface area contributed by atoms with Crippen molar-refractivity contribution in [1.29, 1.82) is 0 Å². The first kappa shape index (κ1) is 21.1. The molecule has 1 aliphatic heterocycles. The number of benzene rings is 2. The Morgan fingerprint density at radius 1 is 1.13 bits per heavy atom. The maximum atomic E-state index is 12.9. The molecule has 0 atom stereocenters. The van der Waals surface area contributed by atoms with E-state index >= 15 is 0 Å². The first-order valence-electron chi connectivity index (χ1n) is 10.4. The molecule has 160 valence electrons. The number of halogens is 1. The molecule has 0 saturated carbocycles. The lowest BCUT2D eigenvalue weighted by molar-refractivity contribution is -0.117. The van der Waals surface area contributed by atoms with Gasteiger partial charge in [0.05, 0.1) is 23.5 Å². The highest BCUT2D eigenvalue weighted by molar-refractivity contribution is 6.31. The molecule has 2 aromatic carbocycles. The van der Waals surface area contributed by atoms with Crippen LogP contribution in [-0.4, -0.2) is 28.1 Å². The van der Waals surface area contributed by atoms with Crippen molar-refractivity contribution >= 4 is 29.1 Å². The van der Waals surface area contributed by atoms with E-state index in [-0.39, 0.29) is 11.8 Å². The van der Waals surface area contributed by atoms with Gasteiger partial charge in [-0.05, 0) is 55.7 Å². The molecule has 0 spiro atoms. The lowest BCUT2D eigenvalue weighted by Gasteiger charge is -2.20. The van der Waals surface area contributed by atoms with Crippen LogP contribution in [0, 0.1) is 13.8 Å². The highest BCUT2D eigenvalue weighted by atomic mass is 35.5. The van der Waals surface area contributed by atoms with E-state index in [1.54, 1.807) is 23.1 Å². The Morgan fingerprint density at radius 3 is 2.65 bits per heavy atom. The Morgan fingerprint density at radius 2 is 1.94 bits per heavy atom. The standard InChI is InChI=1S/C24H25ClN4O2/c1-16-11-17(2)29(27-16)15-19-6-3-5-18(12-19)14-26-24(31)21-9-8-20(25)13-22(21)28-10-4-7-23(28)30/h3,5-6,8-9,11-13H,4,7,10,14-15H2,1-2H3,(H,26,31). The van der Waals surface area contributed by atoms with Crippen LogP contribution in [0.15, 0.2) is 48.5 Å². The van der Waals surface area contributed by atoms with Gasteiger partial charge < -0.3 is 10.2 Å². The minimum Gasteiger partial charge on any atom is -0.348 e. The Hall–Kier alpha value is -3.12. The van der Waals surface area contributed by atoms with Crippen LogP contribution in [-0.2, 0) is 17.9 Å². The van der Waals surface area contributed by atoms with Crippen molar-refractivity contribution in [3.8, 4) is 0 Å². The monoisotopic (exact) mass is 436 g/mol. The molecule has 2 amide bonds. The third-order valence-corrected chi connectivity index (χ3v) is 5.68. The Balaban J connectivity index is 1.47. The smallest absolute Gasteiger partial charge is 0.253 e. The van der Waals surface area contributed by atoms with Gasteiger partial charge in [0.25, 0.3) is 5.91 Å². The van der Waals surface area contributed by atoms with Crippen molar-refractivity contribution in [2.75, 3.05) is 11.4 Å². The van der Waals surface area contributed by atoms with Crippen LogP contribution < -0.4 is 10.2 Å². The van der Waals surface area contributed by atoms with Gasteiger partial charge in [0, 0.05) is 30.2 Å². The minimum atomic E-state index is -0.227. The van der Waals surface area contributed by atoms with E-state index in [4.69, 9.17) is 11.6 Å². The fourth-order valence-electron chi connectivity index (χ4n) is 3.95. The second kappa shape index (κ2) is 8.94. The molecular formula is C24H25ClN4O2. The fourth-order valence-corrected chi connectivity index (χ4v) is 4.11. The summed E-state index contributed by atoms with van der Waals surface area (Å²) in [5, 5.41) is 7.99. The number of carbonyl (C=O) groups excluding carboxylic acids is 2. The predicted molar refractivity (Wildman–Crippen MR) is 121 cm³/mol. The minimum absolute atomic E-state index is 0.0215. The number of aromatic nitrogens is 2. The highest BCUT2D eigenvalue weighted by Gasteiger charge is 2.26. The third kappa shape index (κ3) is 4.80. The van der Waals surface area contributed by atoms with Gasteiger partial charge in [-0.1, -0.05) is 35.9 Å². The van der Waals surface area contributed by atoms with Crippen molar-refractivity contribution in [3.63, 3.8) is 0 Å². The first-order valence-corrected chi connectivity index (χ1v) is 10.8. The van der Waals surface area contributed by atoms with Crippen LogP contribution in [0.4, 0.5) is 5.69 Å². The average molecular weight is 437 g/mol. The Bertz CT molecular complexity index is 1140. The van der Waals surface area contributed by atoms with Gasteiger partial charge in [0.15, 0.2) is 0 Å². The topological polar surface area (TPSA) is 67.2 Å². The van der Waals surface area contributed by atoms with Gasteiger partial charge in [-0.2, -0.15) is 5.10 Å². The normalized spacial score (nSPS) is 13.6. The lowest BCUT2D eigenvalue weighted by Crippen LogP contribution is -2.29. The van der Waals surface area contributed by atoms with E-state index in [0.717, 1.165) is 28.9 Å². The third-order valence-electron chi connectivity index (χ3n) is 5.45. The molecule has 0 radical (unpaired) electrons. The van der Waals surface area contributed by atoms with Crippen molar-refractivity contribution in [2.45, 2.75) is 39.8 Å². The van der Waals surface area contributed by atoms with Crippen LogP contribution in [0.2, 0.25) is 5.02 Å². The van der Waals surface area contributed by atoms with Gasteiger partial charge in [0.2, 0.25) is 5.91 Å². The summed E-state index contributed by atoms with van der Waals surface area (Å²) < 4.78 is 1.97. The van der Waals surface area contributed by atoms with E-state index in [1.165, 1.54) is 0 Å². The van der Waals surface area contributed by atoms with Gasteiger partial charge in [0.1, 0.15) is 0 Å². The summed E-state index contributed by atoms with van der Waals surface area (Å²) in [4.78, 5) is 26.8. The molecule has 0 bridgehead atoms. The number of nitrogens with zero attached hydrogens (tertiary/aromatic N) is 3. The summed E-state index contributed by atoms with van der Waals surface area (Å²) in [6.45, 7) is 5.70. The molecule has 7 heteroatoms. The number of amides is 2. The molecular weight excluding hydrogens is 412 g/mol. The molecule has 1 N–H and O–H groups in total. The molecule has 1 aromatic heterocycles. The number of rotatable bonds is 6. The van der Waals surface area contributed by atoms with Crippen molar-refractivity contribution in [2.24, 2.45) is 0 Å². The molecule has 0 aliphatic carbocycles. The van der Waals surface area contributed by atoms with Crippen molar-refractivity contribution < 1.29 is 9.59 Å². The summed E-state index contributed by atoms with van der Waals surface area (Å²) in [5.74, 6) is -0.205. The fraction of sp³-hybridized carbons (Fsp3) is 0.292. The number of carbonyl (C=O) groups is 2. The van der Waals surface area contributed by atoms with Crippen molar-refractivity contribution in [1.82, 2.24) is 15.1 Å². The summed E-state index contributed by atoms with van der Waals surface area (Å²) in [7, 11) is 0. The number of anilines is 1. The zero-order valence-electron chi connectivity index (χ0n) is 17.7. The Kier molecular flexibility index (Phi) is 6.09. The quantitative estimate of drug-likeness (QED) is 0.627. The predicted octanol–water partition coefficient (Wildman–Crippen LogP) is 4.26. The molecule has 1 fully saturated rings. The molecule has 0 unspecified atom stereocenters. The average Bonchev–Trinajstić information content (AvgIpc) is 3.30.